The van der Waals surface area contributed by atoms with Gasteiger partial charge in [0, 0.05) is 37.1 Å². The van der Waals surface area contributed by atoms with E-state index < -0.39 is 10.0 Å². The maximum atomic E-state index is 12.6. The summed E-state index contributed by atoms with van der Waals surface area (Å²) in [5.41, 5.74) is 0. The molecule has 2 heterocycles. The molecule has 2 rings (SSSR count). The fourth-order valence-corrected chi connectivity index (χ4v) is 6.65. The molecule has 0 aliphatic carbocycles. The molecule has 30 heavy (non-hydrogen) atoms. The Morgan fingerprint density at radius 1 is 1.23 bits per heavy atom. The Hall–Kier alpha value is -0.430. The molecule has 1 aromatic heterocycles. The van der Waals surface area contributed by atoms with Gasteiger partial charge in [-0.3, -0.25) is 9.89 Å². The highest BCUT2D eigenvalue weighted by atomic mass is 127. The van der Waals surface area contributed by atoms with Gasteiger partial charge in [-0.05, 0) is 51.4 Å². The van der Waals surface area contributed by atoms with E-state index in [0.29, 0.717) is 23.3 Å². The van der Waals surface area contributed by atoms with E-state index in [1.807, 2.05) is 19.9 Å². The molecule has 1 aliphatic heterocycles. The largest absolute Gasteiger partial charge is 0.357 e. The first-order valence-electron chi connectivity index (χ1n) is 10.8. The molecule has 1 aromatic rings. The third-order valence-electron chi connectivity index (χ3n) is 5.31. The van der Waals surface area contributed by atoms with Gasteiger partial charge in [0.15, 0.2) is 5.96 Å². The van der Waals surface area contributed by atoms with Crippen LogP contribution in [0.1, 0.15) is 45.4 Å². The minimum absolute atomic E-state index is 0. The molecule has 0 aromatic carbocycles. The molecule has 0 radical (unpaired) electrons. The summed E-state index contributed by atoms with van der Waals surface area (Å²) in [7, 11) is -3.37. The van der Waals surface area contributed by atoms with Crippen molar-refractivity contribution in [1.29, 1.82) is 0 Å². The second-order valence-electron chi connectivity index (χ2n) is 7.13. The van der Waals surface area contributed by atoms with Crippen molar-refractivity contribution < 1.29 is 8.42 Å². The molecule has 1 atom stereocenters. The monoisotopic (exact) mass is 571 g/mol. The van der Waals surface area contributed by atoms with Crippen molar-refractivity contribution in [3.8, 4) is 0 Å². The van der Waals surface area contributed by atoms with E-state index in [4.69, 9.17) is 4.99 Å². The minimum Gasteiger partial charge on any atom is -0.357 e. The molecule has 1 saturated heterocycles. The first kappa shape index (κ1) is 27.6. The van der Waals surface area contributed by atoms with Gasteiger partial charge in [0.1, 0.15) is 4.21 Å². The van der Waals surface area contributed by atoms with Crippen molar-refractivity contribution in [3.63, 3.8) is 0 Å². The average Bonchev–Trinajstić information content (AvgIpc) is 3.36. The van der Waals surface area contributed by atoms with Crippen LogP contribution in [0.15, 0.2) is 21.3 Å². The lowest BCUT2D eigenvalue weighted by atomic mass is 10.2. The summed E-state index contributed by atoms with van der Waals surface area (Å²) >= 11 is 1.36. The quantitative estimate of drug-likeness (QED) is 0.243. The number of hydrogen-bond donors (Lipinski definition) is 2. The summed E-state index contributed by atoms with van der Waals surface area (Å²) in [6, 6.07) is 4.19. The molecular formula is C20H38IN5O2S2. The molecule has 1 unspecified atom stereocenters. The van der Waals surface area contributed by atoms with Crippen LogP contribution in [0.4, 0.5) is 0 Å². The molecule has 0 spiro atoms. The SMILES string of the molecule is CCNC(=NCC1CCCN1CC)NCCc1ccc(S(=O)(=O)N(CC)CC)s1.I. The lowest BCUT2D eigenvalue weighted by molar-refractivity contribution is 0.273. The summed E-state index contributed by atoms with van der Waals surface area (Å²) in [6.07, 6.45) is 3.25. The van der Waals surface area contributed by atoms with Gasteiger partial charge >= 0.3 is 0 Å². The maximum Gasteiger partial charge on any atom is 0.252 e. The Kier molecular flexibility index (Phi) is 12.8. The summed E-state index contributed by atoms with van der Waals surface area (Å²) in [5.74, 6) is 0.836. The number of likely N-dealkylation sites (tertiary alicyclic amines) is 1. The standard InChI is InChI=1S/C20H37N5O2S2.HI/c1-5-21-20(23-16-17-10-9-15-24(17)6-2)22-14-13-18-11-12-19(28-18)29(26,27)25(7-3)8-4;/h11-12,17H,5-10,13-16H2,1-4H3,(H2,21,22,23);1H. The number of likely N-dealkylation sites (N-methyl/N-ethyl adjacent to an activating group) is 1. The second-order valence-corrected chi connectivity index (χ2v) is 10.5. The van der Waals surface area contributed by atoms with E-state index in [1.165, 1.54) is 35.0 Å². The van der Waals surface area contributed by atoms with Crippen LogP contribution in [0, 0.1) is 0 Å². The van der Waals surface area contributed by atoms with Crippen molar-refractivity contribution in [2.24, 2.45) is 4.99 Å². The van der Waals surface area contributed by atoms with E-state index in [0.717, 1.165) is 43.4 Å². The Morgan fingerprint density at radius 3 is 2.60 bits per heavy atom. The number of nitrogens with zero attached hydrogens (tertiary/aromatic N) is 3. The molecule has 0 saturated carbocycles. The highest BCUT2D eigenvalue weighted by Crippen LogP contribution is 2.25. The number of rotatable bonds is 11. The highest BCUT2D eigenvalue weighted by Gasteiger charge is 2.24. The molecule has 2 N–H and O–H groups in total. The Balaban J connectivity index is 0.00000450. The Bertz CT molecular complexity index is 750. The predicted molar refractivity (Wildman–Crippen MR) is 138 cm³/mol. The van der Waals surface area contributed by atoms with Crippen LogP contribution >= 0.6 is 35.3 Å². The van der Waals surface area contributed by atoms with Crippen molar-refractivity contribution in [1.82, 2.24) is 19.8 Å². The summed E-state index contributed by atoms with van der Waals surface area (Å²) in [6.45, 7) is 13.6. The van der Waals surface area contributed by atoms with E-state index in [2.05, 4.69) is 29.4 Å². The van der Waals surface area contributed by atoms with E-state index in [1.54, 1.807) is 6.07 Å². The molecule has 0 amide bonds. The van der Waals surface area contributed by atoms with Gasteiger partial charge in [0.05, 0.1) is 6.54 Å². The zero-order valence-electron chi connectivity index (χ0n) is 18.7. The van der Waals surface area contributed by atoms with Gasteiger partial charge < -0.3 is 10.6 Å². The molecule has 0 bridgehead atoms. The van der Waals surface area contributed by atoms with Gasteiger partial charge in [-0.1, -0.05) is 20.8 Å². The molecule has 1 aliphatic rings. The number of aliphatic imine (C=N–C) groups is 1. The third kappa shape index (κ3) is 7.61. The lowest BCUT2D eigenvalue weighted by Gasteiger charge is -2.21. The lowest BCUT2D eigenvalue weighted by Crippen LogP contribution is -2.40. The van der Waals surface area contributed by atoms with Crippen LogP contribution in [0.5, 0.6) is 0 Å². The second kappa shape index (κ2) is 13.9. The number of guanidine groups is 1. The van der Waals surface area contributed by atoms with Crippen LogP contribution in [0.3, 0.4) is 0 Å². The number of halogens is 1. The number of hydrogen-bond acceptors (Lipinski definition) is 5. The minimum atomic E-state index is -3.37. The number of nitrogens with one attached hydrogen (secondary N) is 2. The molecule has 174 valence electrons. The maximum absolute atomic E-state index is 12.6. The van der Waals surface area contributed by atoms with Crippen LogP contribution in [0.25, 0.3) is 0 Å². The van der Waals surface area contributed by atoms with Gasteiger partial charge in [0.2, 0.25) is 0 Å². The van der Waals surface area contributed by atoms with Gasteiger partial charge in [-0.15, -0.1) is 35.3 Å². The zero-order valence-corrected chi connectivity index (χ0v) is 22.6. The normalized spacial score (nSPS) is 17.9. The van der Waals surface area contributed by atoms with Crippen molar-refractivity contribution in [2.45, 2.75) is 57.2 Å². The molecule has 7 nitrogen and oxygen atoms in total. The molecule has 1 fully saturated rings. The summed E-state index contributed by atoms with van der Waals surface area (Å²) in [5, 5.41) is 6.69. The van der Waals surface area contributed by atoms with E-state index in [9.17, 15) is 8.42 Å². The van der Waals surface area contributed by atoms with Gasteiger partial charge in [0.25, 0.3) is 10.0 Å². The summed E-state index contributed by atoms with van der Waals surface area (Å²) in [4.78, 5) is 8.33. The fourth-order valence-electron chi connectivity index (χ4n) is 3.68. The topological polar surface area (TPSA) is 77.0 Å². The highest BCUT2D eigenvalue weighted by molar-refractivity contribution is 14.0. The zero-order chi connectivity index (χ0) is 21.3. The average molecular weight is 572 g/mol. The fraction of sp³-hybridized carbons (Fsp3) is 0.750. The summed E-state index contributed by atoms with van der Waals surface area (Å²) < 4.78 is 27.2. The number of sulfonamides is 1. The van der Waals surface area contributed by atoms with E-state index >= 15 is 0 Å². The molecular weight excluding hydrogens is 533 g/mol. The molecule has 10 heteroatoms. The van der Waals surface area contributed by atoms with Crippen LogP contribution in [-0.2, 0) is 16.4 Å². The predicted octanol–water partition coefficient (Wildman–Crippen LogP) is 2.98. The number of thiophene rings is 1. The van der Waals surface area contributed by atoms with Gasteiger partial charge in [-0.25, -0.2) is 8.42 Å². The third-order valence-corrected chi connectivity index (χ3v) is 8.97. The van der Waals surface area contributed by atoms with Crippen molar-refractivity contribution >= 4 is 51.3 Å². The van der Waals surface area contributed by atoms with Crippen LogP contribution in [-0.4, -0.2) is 75.4 Å². The first-order valence-corrected chi connectivity index (χ1v) is 13.1. The van der Waals surface area contributed by atoms with Crippen LogP contribution in [0.2, 0.25) is 0 Å². The van der Waals surface area contributed by atoms with Crippen molar-refractivity contribution in [2.75, 3.05) is 45.8 Å². The van der Waals surface area contributed by atoms with Crippen molar-refractivity contribution in [3.05, 3.63) is 17.0 Å². The smallest absolute Gasteiger partial charge is 0.252 e. The van der Waals surface area contributed by atoms with Crippen LogP contribution < -0.4 is 10.6 Å². The van der Waals surface area contributed by atoms with E-state index in [-0.39, 0.29) is 24.0 Å². The Labute approximate surface area is 203 Å². The van der Waals surface area contributed by atoms with Gasteiger partial charge in [-0.2, -0.15) is 4.31 Å². The Morgan fingerprint density at radius 2 is 1.97 bits per heavy atom. The first-order chi connectivity index (χ1) is 14.0.